The first kappa shape index (κ1) is 41.5. The molecule has 0 N–H and O–H groups in total. The summed E-state index contributed by atoms with van der Waals surface area (Å²) in [5, 5.41) is 0. The highest BCUT2D eigenvalue weighted by Crippen LogP contribution is 2.35. The van der Waals surface area contributed by atoms with Crippen molar-refractivity contribution in [3.8, 4) is 0 Å². The van der Waals surface area contributed by atoms with Crippen molar-refractivity contribution in [2.24, 2.45) is 0 Å². The van der Waals surface area contributed by atoms with Gasteiger partial charge >= 0.3 is 0 Å². The Hall–Kier alpha value is -0.640. The highest BCUT2D eigenvalue weighted by Gasteiger charge is 2.54. The van der Waals surface area contributed by atoms with Crippen molar-refractivity contribution in [3.05, 3.63) is 0 Å². The number of hydrogen-bond donors (Lipinski definition) is 0. The molecule has 0 spiro atoms. The van der Waals surface area contributed by atoms with Gasteiger partial charge in [0.1, 0.15) is 73.2 Å². The van der Waals surface area contributed by atoms with Crippen LogP contribution in [0.2, 0.25) is 0 Å². The molecule has 2 aliphatic rings. The van der Waals surface area contributed by atoms with Crippen LogP contribution in [0.1, 0.15) is 0 Å². The van der Waals surface area contributed by atoms with Crippen LogP contribution in [0.25, 0.3) is 0 Å². The first-order valence-corrected chi connectivity index (χ1v) is 15.1. The molecule has 2 fully saturated rings. The minimum Gasteiger partial charge on any atom is -0.382 e. The number of hydrogen-bond acceptors (Lipinski definition) is 16. The largest absolute Gasteiger partial charge is 0.382 e. The first-order valence-electron chi connectivity index (χ1n) is 15.1. The summed E-state index contributed by atoms with van der Waals surface area (Å²) in [6.07, 6.45) is -9.65. The highest BCUT2D eigenvalue weighted by atomic mass is 16.8. The van der Waals surface area contributed by atoms with Crippen LogP contribution in [0, 0.1) is 0 Å². The van der Waals surface area contributed by atoms with E-state index >= 15 is 0 Å². The van der Waals surface area contributed by atoms with Crippen molar-refractivity contribution < 1.29 is 75.8 Å². The van der Waals surface area contributed by atoms with Crippen molar-refractivity contribution in [1.82, 2.24) is 0 Å². The van der Waals surface area contributed by atoms with E-state index in [4.69, 9.17) is 75.8 Å². The zero-order valence-corrected chi connectivity index (χ0v) is 29.4. The Labute approximate surface area is 273 Å². The van der Waals surface area contributed by atoms with Gasteiger partial charge in [-0.25, -0.2) is 0 Å². The lowest BCUT2D eigenvalue weighted by Gasteiger charge is -2.50. The van der Waals surface area contributed by atoms with E-state index in [-0.39, 0.29) is 26.4 Å². The molecule has 0 amide bonds. The molecule has 0 unspecified atom stereocenters. The molecule has 16 heteroatoms. The number of methoxy groups -OCH3 is 12. The van der Waals surface area contributed by atoms with E-state index < -0.39 is 85.8 Å². The summed E-state index contributed by atoms with van der Waals surface area (Å²) in [4.78, 5) is 0. The van der Waals surface area contributed by atoms with Crippen molar-refractivity contribution in [3.63, 3.8) is 0 Å². The van der Waals surface area contributed by atoms with Gasteiger partial charge in [0, 0.05) is 85.3 Å². The Morgan fingerprint density at radius 1 is 0.435 bits per heavy atom. The van der Waals surface area contributed by atoms with Gasteiger partial charge in [-0.15, -0.1) is 0 Å². The maximum atomic E-state index is 6.67. The quantitative estimate of drug-likeness (QED) is 0.142. The van der Waals surface area contributed by atoms with Gasteiger partial charge in [-0.05, 0) is 0 Å². The lowest BCUT2D eigenvalue weighted by molar-refractivity contribution is -0.375. The highest BCUT2D eigenvalue weighted by molar-refractivity contribution is 4.97. The number of rotatable bonds is 23. The van der Waals surface area contributed by atoms with Crippen LogP contribution in [0.3, 0.4) is 0 Å². The Balaban J connectivity index is 2.48. The van der Waals surface area contributed by atoms with Crippen LogP contribution >= 0.6 is 0 Å². The maximum Gasteiger partial charge on any atom is 0.187 e. The molecule has 0 saturated carbocycles. The third-order valence-corrected chi connectivity index (χ3v) is 8.38. The molecular formula is C30H58O16. The second-order valence-electron chi connectivity index (χ2n) is 10.9. The summed E-state index contributed by atoms with van der Waals surface area (Å²) in [7, 11) is 18.8. The van der Waals surface area contributed by atoms with Gasteiger partial charge < -0.3 is 75.8 Å². The monoisotopic (exact) mass is 674 g/mol. The van der Waals surface area contributed by atoms with E-state index in [1.807, 2.05) is 0 Å². The van der Waals surface area contributed by atoms with Crippen molar-refractivity contribution in [1.29, 1.82) is 0 Å². The standard InChI is InChI=1S/C30H58O16/c1-31-13-17(35-5)21(37-7)23(18(36-6)14-32-2)45-30-28(42-12)26(40-10)24(20(44-30)16-34-4)46-29-27(41-11)25(39-9)22(38-8)19(43-29)15-33-3/h17-30H,13-16H2,1-12H3/t17-,18+,19+,20+,21+,22-,23+,24-,25-,26-,27+,28+,29-,30-/m0/s1. The normalized spacial score (nSPS) is 34.7. The van der Waals surface area contributed by atoms with Crippen LogP contribution in [-0.4, -0.2) is 198 Å². The number of ether oxygens (including phenoxy) is 16. The van der Waals surface area contributed by atoms with Crippen LogP contribution in [0.15, 0.2) is 0 Å². The molecule has 16 nitrogen and oxygen atoms in total. The minimum atomic E-state index is -0.997. The molecule has 2 heterocycles. The van der Waals surface area contributed by atoms with Crippen molar-refractivity contribution in [2.45, 2.75) is 85.8 Å². The molecule has 0 aromatic rings. The van der Waals surface area contributed by atoms with Crippen LogP contribution in [0.4, 0.5) is 0 Å². The predicted octanol–water partition coefficient (Wildman–Crippen LogP) is -0.0878. The zero-order valence-electron chi connectivity index (χ0n) is 29.4. The molecule has 14 atom stereocenters. The topological polar surface area (TPSA) is 148 Å². The predicted molar refractivity (Wildman–Crippen MR) is 161 cm³/mol. The average molecular weight is 675 g/mol. The summed E-state index contributed by atoms with van der Waals surface area (Å²) >= 11 is 0. The molecule has 2 rings (SSSR count). The maximum absolute atomic E-state index is 6.67. The van der Waals surface area contributed by atoms with Crippen LogP contribution in [-0.2, 0) is 75.8 Å². The van der Waals surface area contributed by atoms with Gasteiger partial charge in [0.25, 0.3) is 0 Å². The molecule has 46 heavy (non-hydrogen) atoms. The fourth-order valence-electron chi connectivity index (χ4n) is 6.16. The van der Waals surface area contributed by atoms with Gasteiger partial charge in [0.2, 0.25) is 0 Å². The third kappa shape index (κ3) is 10.2. The van der Waals surface area contributed by atoms with Gasteiger partial charge in [0.15, 0.2) is 12.6 Å². The Bertz CT molecular complexity index is 781. The second-order valence-corrected chi connectivity index (χ2v) is 10.9. The summed E-state index contributed by atoms with van der Waals surface area (Å²) in [6.45, 7) is 0.783. The molecule has 2 aliphatic heterocycles. The third-order valence-electron chi connectivity index (χ3n) is 8.38. The molecule has 0 aliphatic carbocycles. The van der Waals surface area contributed by atoms with Gasteiger partial charge in [-0.3, -0.25) is 0 Å². The Kier molecular flexibility index (Phi) is 20.0. The fraction of sp³-hybridized carbons (Fsp3) is 1.00. The molecule has 274 valence electrons. The SMILES string of the molecule is COC[C@H](OC)[C@@H](OC)[C@H](O[C@@H]1O[C@H](COC)[C@H](O[C@@H]2O[C@H](COC)[C@H](OC)[C@H](OC)[C@H]2OC)[C@H](OC)[C@H]1OC)[C@@H](COC)OC. The molecular weight excluding hydrogens is 616 g/mol. The van der Waals surface area contributed by atoms with Crippen LogP contribution < -0.4 is 0 Å². The van der Waals surface area contributed by atoms with Gasteiger partial charge in [-0.2, -0.15) is 0 Å². The van der Waals surface area contributed by atoms with Crippen molar-refractivity contribution >= 4 is 0 Å². The molecule has 0 aromatic carbocycles. The lowest BCUT2D eigenvalue weighted by Crippen LogP contribution is -2.67. The van der Waals surface area contributed by atoms with Gasteiger partial charge in [-0.1, -0.05) is 0 Å². The Morgan fingerprint density at radius 3 is 1.30 bits per heavy atom. The van der Waals surface area contributed by atoms with E-state index in [0.29, 0.717) is 0 Å². The molecule has 0 aromatic heterocycles. The van der Waals surface area contributed by atoms with Crippen molar-refractivity contribution in [2.75, 3.05) is 112 Å². The fourth-order valence-corrected chi connectivity index (χ4v) is 6.16. The Morgan fingerprint density at radius 2 is 0.870 bits per heavy atom. The van der Waals surface area contributed by atoms with Crippen LogP contribution in [0.5, 0.6) is 0 Å². The minimum absolute atomic E-state index is 0.121. The van der Waals surface area contributed by atoms with E-state index in [0.717, 1.165) is 0 Å². The molecule has 2 saturated heterocycles. The van der Waals surface area contributed by atoms with E-state index in [2.05, 4.69) is 0 Å². The second kappa shape index (κ2) is 22.2. The van der Waals surface area contributed by atoms with E-state index in [9.17, 15) is 0 Å². The molecule has 0 radical (unpaired) electrons. The smallest absolute Gasteiger partial charge is 0.187 e. The summed E-state index contributed by atoms with van der Waals surface area (Å²) in [5.74, 6) is 0. The summed E-state index contributed by atoms with van der Waals surface area (Å²) in [6, 6.07) is 0. The summed E-state index contributed by atoms with van der Waals surface area (Å²) in [5.41, 5.74) is 0. The first-order chi connectivity index (χ1) is 22.3. The molecule has 0 bridgehead atoms. The van der Waals surface area contributed by atoms with Gasteiger partial charge in [0.05, 0.1) is 26.4 Å². The lowest BCUT2D eigenvalue weighted by atomic mass is 9.96. The van der Waals surface area contributed by atoms with E-state index in [1.165, 1.54) is 7.11 Å². The average Bonchev–Trinajstić information content (AvgIpc) is 3.07. The summed E-state index contributed by atoms with van der Waals surface area (Å²) < 4.78 is 94.8. The zero-order chi connectivity index (χ0) is 34.2. The van der Waals surface area contributed by atoms with E-state index in [1.54, 1.807) is 78.2 Å².